The van der Waals surface area contributed by atoms with E-state index in [1.165, 1.54) is 18.3 Å². The SMILES string of the molecule is CC(=O)N[C@H](CC(=O)N[C@H](C)c1ccccn1)c1cccs1. The Morgan fingerprint density at radius 3 is 2.64 bits per heavy atom. The van der Waals surface area contributed by atoms with Gasteiger partial charge in [0.05, 0.1) is 24.2 Å². The predicted octanol–water partition coefficient (Wildman–Crippen LogP) is 2.59. The van der Waals surface area contributed by atoms with E-state index in [0.717, 1.165) is 10.6 Å². The van der Waals surface area contributed by atoms with Crippen molar-refractivity contribution in [1.29, 1.82) is 0 Å². The van der Waals surface area contributed by atoms with Gasteiger partial charge in [0.15, 0.2) is 0 Å². The molecule has 6 heteroatoms. The third-order valence-corrected chi connectivity index (χ3v) is 4.15. The number of aromatic nitrogens is 1. The fraction of sp³-hybridized carbons (Fsp3) is 0.312. The van der Waals surface area contributed by atoms with E-state index in [1.807, 2.05) is 42.6 Å². The van der Waals surface area contributed by atoms with Crippen molar-refractivity contribution in [3.8, 4) is 0 Å². The van der Waals surface area contributed by atoms with Gasteiger partial charge in [0.25, 0.3) is 0 Å². The second-order valence-corrected chi connectivity index (χ2v) is 6.00. The van der Waals surface area contributed by atoms with E-state index in [9.17, 15) is 9.59 Å². The zero-order valence-electron chi connectivity index (χ0n) is 12.6. The molecule has 0 aliphatic carbocycles. The molecule has 0 fully saturated rings. The third-order valence-electron chi connectivity index (χ3n) is 3.16. The molecule has 0 bridgehead atoms. The van der Waals surface area contributed by atoms with Crippen molar-refractivity contribution in [2.75, 3.05) is 0 Å². The molecule has 2 amide bonds. The molecule has 0 saturated heterocycles. The van der Waals surface area contributed by atoms with E-state index in [-0.39, 0.29) is 30.3 Å². The molecule has 0 unspecified atom stereocenters. The van der Waals surface area contributed by atoms with E-state index < -0.39 is 0 Å². The number of nitrogens with one attached hydrogen (secondary N) is 2. The van der Waals surface area contributed by atoms with Crippen LogP contribution in [0.5, 0.6) is 0 Å². The van der Waals surface area contributed by atoms with Crippen molar-refractivity contribution in [2.45, 2.75) is 32.4 Å². The molecule has 0 aliphatic rings. The van der Waals surface area contributed by atoms with Crippen molar-refractivity contribution in [2.24, 2.45) is 0 Å². The second-order valence-electron chi connectivity index (χ2n) is 5.02. The Hall–Kier alpha value is -2.21. The highest BCUT2D eigenvalue weighted by molar-refractivity contribution is 7.10. The lowest BCUT2D eigenvalue weighted by Gasteiger charge is -2.18. The van der Waals surface area contributed by atoms with Crippen molar-refractivity contribution >= 4 is 23.2 Å². The summed E-state index contributed by atoms with van der Waals surface area (Å²) in [5, 5.41) is 7.66. The Kier molecular flexibility index (Phi) is 5.66. The van der Waals surface area contributed by atoms with Crippen molar-refractivity contribution in [1.82, 2.24) is 15.6 Å². The van der Waals surface area contributed by atoms with Crippen LogP contribution in [0.15, 0.2) is 41.9 Å². The van der Waals surface area contributed by atoms with Gasteiger partial charge in [-0.15, -0.1) is 11.3 Å². The van der Waals surface area contributed by atoms with Crippen LogP contribution in [0.4, 0.5) is 0 Å². The predicted molar refractivity (Wildman–Crippen MR) is 86.3 cm³/mol. The highest BCUT2D eigenvalue weighted by atomic mass is 32.1. The zero-order valence-corrected chi connectivity index (χ0v) is 13.4. The van der Waals surface area contributed by atoms with Crippen LogP contribution in [0.2, 0.25) is 0 Å². The first kappa shape index (κ1) is 16.2. The number of rotatable bonds is 6. The third kappa shape index (κ3) is 4.66. The number of hydrogen-bond acceptors (Lipinski definition) is 4. The van der Waals surface area contributed by atoms with Crippen molar-refractivity contribution in [3.63, 3.8) is 0 Å². The standard InChI is InChI=1S/C16H19N3O2S/c1-11(13-6-3-4-8-17-13)18-16(21)10-14(19-12(2)20)15-7-5-9-22-15/h3-9,11,14H,10H2,1-2H3,(H,18,21)(H,19,20)/t11-,14-/m1/s1. The van der Waals surface area contributed by atoms with Gasteiger partial charge in [-0.1, -0.05) is 12.1 Å². The summed E-state index contributed by atoms with van der Waals surface area (Å²) in [4.78, 5) is 28.7. The van der Waals surface area contributed by atoms with Crippen molar-refractivity contribution in [3.05, 3.63) is 52.5 Å². The molecule has 2 heterocycles. The Bertz CT molecular complexity index is 614. The Morgan fingerprint density at radius 1 is 1.23 bits per heavy atom. The number of hydrogen-bond donors (Lipinski definition) is 2. The Balaban J connectivity index is 1.98. The van der Waals surface area contributed by atoms with Gasteiger partial charge < -0.3 is 10.6 Å². The first-order chi connectivity index (χ1) is 10.6. The van der Waals surface area contributed by atoms with Gasteiger partial charge >= 0.3 is 0 Å². The molecule has 116 valence electrons. The zero-order chi connectivity index (χ0) is 15.9. The first-order valence-electron chi connectivity index (χ1n) is 7.07. The highest BCUT2D eigenvalue weighted by Gasteiger charge is 2.19. The topological polar surface area (TPSA) is 71.1 Å². The fourth-order valence-electron chi connectivity index (χ4n) is 2.15. The summed E-state index contributed by atoms with van der Waals surface area (Å²) in [6.45, 7) is 3.34. The fourth-order valence-corrected chi connectivity index (χ4v) is 2.93. The number of pyridine rings is 1. The van der Waals surface area contributed by atoms with Crippen LogP contribution < -0.4 is 10.6 Å². The molecular formula is C16H19N3O2S. The molecule has 0 spiro atoms. The molecule has 0 radical (unpaired) electrons. The summed E-state index contributed by atoms with van der Waals surface area (Å²) in [5.41, 5.74) is 0.808. The van der Waals surface area contributed by atoms with Crippen LogP contribution in [-0.2, 0) is 9.59 Å². The van der Waals surface area contributed by atoms with Crippen LogP contribution in [0.3, 0.4) is 0 Å². The number of nitrogens with zero attached hydrogens (tertiary/aromatic N) is 1. The minimum absolute atomic E-state index is 0.120. The van der Waals surface area contributed by atoms with Crippen molar-refractivity contribution < 1.29 is 9.59 Å². The van der Waals surface area contributed by atoms with E-state index in [2.05, 4.69) is 15.6 Å². The Labute approximate surface area is 133 Å². The summed E-state index contributed by atoms with van der Waals surface area (Å²) >= 11 is 1.52. The quantitative estimate of drug-likeness (QED) is 0.860. The first-order valence-corrected chi connectivity index (χ1v) is 7.95. The van der Waals surface area contributed by atoms with Crippen LogP contribution in [-0.4, -0.2) is 16.8 Å². The van der Waals surface area contributed by atoms with Crippen LogP contribution >= 0.6 is 11.3 Å². The lowest BCUT2D eigenvalue weighted by molar-refractivity contribution is -0.123. The molecule has 2 aromatic rings. The molecule has 0 aromatic carbocycles. The maximum absolute atomic E-state index is 12.2. The largest absolute Gasteiger partial charge is 0.348 e. The molecule has 0 saturated carbocycles. The van der Waals surface area contributed by atoms with Crippen LogP contribution in [0, 0.1) is 0 Å². The molecule has 5 nitrogen and oxygen atoms in total. The molecule has 2 atom stereocenters. The minimum atomic E-state index is -0.298. The Morgan fingerprint density at radius 2 is 2.05 bits per heavy atom. The lowest BCUT2D eigenvalue weighted by Crippen LogP contribution is -2.33. The molecule has 2 N–H and O–H groups in total. The van der Waals surface area contributed by atoms with Gasteiger partial charge in [-0.2, -0.15) is 0 Å². The van der Waals surface area contributed by atoms with Gasteiger partial charge in [0.2, 0.25) is 11.8 Å². The minimum Gasteiger partial charge on any atom is -0.348 e. The lowest BCUT2D eigenvalue weighted by atomic mass is 10.1. The average Bonchev–Trinajstić information content (AvgIpc) is 3.01. The average molecular weight is 317 g/mol. The molecule has 2 aromatic heterocycles. The molecule has 0 aliphatic heterocycles. The number of carbonyl (C=O) groups excluding carboxylic acids is 2. The molecule has 22 heavy (non-hydrogen) atoms. The second kappa shape index (κ2) is 7.70. The van der Waals surface area contributed by atoms with Gasteiger partial charge in [-0.05, 0) is 30.5 Å². The van der Waals surface area contributed by atoms with E-state index in [0.29, 0.717) is 0 Å². The summed E-state index contributed by atoms with van der Waals surface area (Å²) in [6.07, 6.45) is 1.90. The van der Waals surface area contributed by atoms with E-state index >= 15 is 0 Å². The van der Waals surface area contributed by atoms with E-state index in [4.69, 9.17) is 0 Å². The number of carbonyl (C=O) groups is 2. The highest BCUT2D eigenvalue weighted by Crippen LogP contribution is 2.22. The summed E-state index contributed by atoms with van der Waals surface area (Å²) in [5.74, 6) is -0.269. The maximum Gasteiger partial charge on any atom is 0.222 e. The molecular weight excluding hydrogens is 298 g/mol. The van der Waals surface area contributed by atoms with Gasteiger partial charge in [0, 0.05) is 18.0 Å². The number of thiophene rings is 1. The molecule has 2 rings (SSSR count). The van der Waals surface area contributed by atoms with Gasteiger partial charge in [-0.3, -0.25) is 14.6 Å². The normalized spacial score (nSPS) is 13.2. The summed E-state index contributed by atoms with van der Waals surface area (Å²) in [7, 11) is 0. The van der Waals surface area contributed by atoms with Gasteiger partial charge in [-0.25, -0.2) is 0 Å². The van der Waals surface area contributed by atoms with Gasteiger partial charge in [0.1, 0.15) is 0 Å². The smallest absolute Gasteiger partial charge is 0.222 e. The van der Waals surface area contributed by atoms with Crippen LogP contribution in [0.25, 0.3) is 0 Å². The van der Waals surface area contributed by atoms with Crippen LogP contribution in [0.1, 0.15) is 42.9 Å². The maximum atomic E-state index is 12.2. The monoisotopic (exact) mass is 317 g/mol. The van der Waals surface area contributed by atoms with E-state index in [1.54, 1.807) is 6.20 Å². The summed E-state index contributed by atoms with van der Waals surface area (Å²) in [6, 6.07) is 8.95. The number of amides is 2. The summed E-state index contributed by atoms with van der Waals surface area (Å²) < 4.78 is 0.